The van der Waals surface area contributed by atoms with E-state index in [9.17, 15) is 4.79 Å². The first-order valence-electron chi connectivity index (χ1n) is 10.9. The van der Waals surface area contributed by atoms with Gasteiger partial charge in [0.2, 0.25) is 0 Å². The quantitative estimate of drug-likeness (QED) is 0.331. The first-order valence-corrected chi connectivity index (χ1v) is 10.9. The molecular weight excluding hydrogens is 392 g/mol. The van der Waals surface area contributed by atoms with Gasteiger partial charge in [-0.1, -0.05) is 42.5 Å². The fourth-order valence-corrected chi connectivity index (χ4v) is 4.78. The Bertz CT molecular complexity index is 1360. The summed E-state index contributed by atoms with van der Waals surface area (Å²) in [5.74, 6) is 0.00797. The van der Waals surface area contributed by atoms with Crippen molar-refractivity contribution >= 4 is 28.9 Å². The fraction of sp³-hybridized carbons (Fsp3) is 0.138. The molecule has 3 aromatic carbocycles. The van der Waals surface area contributed by atoms with E-state index in [1.807, 2.05) is 65.6 Å². The summed E-state index contributed by atoms with van der Waals surface area (Å²) in [4.78, 5) is 15.4. The Hall–Kier alpha value is -3.85. The van der Waals surface area contributed by atoms with E-state index in [-0.39, 0.29) is 5.91 Å². The molecule has 1 aliphatic heterocycles. The molecule has 0 N–H and O–H groups in total. The molecule has 4 aromatic rings. The molecule has 0 radical (unpaired) electrons. The Balaban J connectivity index is 1.64. The van der Waals surface area contributed by atoms with Gasteiger partial charge in [0.05, 0.1) is 11.3 Å². The molecule has 5 rings (SSSR count). The largest absolute Gasteiger partial charge is 0.318 e. The molecular formula is C29H26N2O. The monoisotopic (exact) mass is 418 g/mol. The smallest absolute Gasteiger partial charge is 0.263 e. The number of para-hydroxylation sites is 2. The van der Waals surface area contributed by atoms with E-state index >= 15 is 0 Å². The Morgan fingerprint density at radius 3 is 2.09 bits per heavy atom. The van der Waals surface area contributed by atoms with E-state index in [1.165, 1.54) is 11.1 Å². The van der Waals surface area contributed by atoms with Gasteiger partial charge in [0, 0.05) is 28.3 Å². The predicted molar refractivity (Wildman–Crippen MR) is 133 cm³/mol. The number of hydrogen-bond acceptors (Lipinski definition) is 1. The number of rotatable bonds is 3. The predicted octanol–water partition coefficient (Wildman–Crippen LogP) is 6.93. The average molecular weight is 419 g/mol. The van der Waals surface area contributed by atoms with Crippen LogP contribution in [0.2, 0.25) is 0 Å². The highest BCUT2D eigenvalue weighted by Gasteiger charge is 2.33. The van der Waals surface area contributed by atoms with Gasteiger partial charge in [-0.3, -0.25) is 9.69 Å². The van der Waals surface area contributed by atoms with Crippen LogP contribution in [-0.2, 0) is 4.79 Å². The highest BCUT2D eigenvalue weighted by atomic mass is 16.2. The van der Waals surface area contributed by atoms with Gasteiger partial charge in [-0.15, -0.1) is 0 Å². The summed E-state index contributed by atoms with van der Waals surface area (Å²) in [6.45, 7) is 8.49. The number of aromatic nitrogens is 1. The van der Waals surface area contributed by atoms with Crippen LogP contribution in [0.15, 0.2) is 78.9 Å². The third-order valence-electron chi connectivity index (χ3n) is 6.12. The van der Waals surface area contributed by atoms with Crippen LogP contribution in [0.5, 0.6) is 0 Å². The molecule has 0 saturated heterocycles. The lowest BCUT2D eigenvalue weighted by molar-refractivity contribution is -0.112. The van der Waals surface area contributed by atoms with Crippen LogP contribution in [0.3, 0.4) is 0 Å². The Morgan fingerprint density at radius 2 is 1.38 bits per heavy atom. The Labute approximate surface area is 189 Å². The van der Waals surface area contributed by atoms with Crippen molar-refractivity contribution in [1.29, 1.82) is 0 Å². The second kappa shape index (κ2) is 7.69. The molecule has 0 bridgehead atoms. The highest BCUT2D eigenvalue weighted by molar-refractivity contribution is 6.38. The number of aryl methyl sites for hydroxylation is 3. The van der Waals surface area contributed by atoms with Gasteiger partial charge in [-0.25, -0.2) is 0 Å². The molecule has 3 nitrogen and oxygen atoms in total. The molecule has 2 heterocycles. The lowest BCUT2D eigenvalue weighted by atomic mass is 10.0. The molecule has 0 spiro atoms. The summed E-state index contributed by atoms with van der Waals surface area (Å²) < 4.78 is 2.27. The highest BCUT2D eigenvalue weighted by Crippen LogP contribution is 2.42. The van der Waals surface area contributed by atoms with Gasteiger partial charge in [-0.2, -0.15) is 0 Å². The Morgan fingerprint density at radius 1 is 0.719 bits per heavy atom. The zero-order chi connectivity index (χ0) is 22.4. The maximum atomic E-state index is 13.6. The number of carbonyl (C=O) groups is 1. The lowest BCUT2D eigenvalue weighted by Crippen LogP contribution is -2.20. The van der Waals surface area contributed by atoms with Crippen LogP contribution in [0.1, 0.15) is 33.6 Å². The van der Waals surface area contributed by atoms with Gasteiger partial charge < -0.3 is 4.57 Å². The van der Waals surface area contributed by atoms with E-state index in [0.29, 0.717) is 0 Å². The summed E-state index contributed by atoms with van der Waals surface area (Å²) in [5, 5.41) is 0. The van der Waals surface area contributed by atoms with Crippen LogP contribution >= 0.6 is 0 Å². The van der Waals surface area contributed by atoms with Crippen molar-refractivity contribution in [3.05, 3.63) is 113 Å². The summed E-state index contributed by atoms with van der Waals surface area (Å²) in [5.41, 5.74) is 10.5. The summed E-state index contributed by atoms with van der Waals surface area (Å²) in [7, 11) is 0. The SMILES string of the molecule is Cc1cc(C)cc(-n2c(C)cc(/C=C3/C(=O)N(c4ccccc4)c4ccccc43)c2C)c1. The van der Waals surface area contributed by atoms with Crippen molar-refractivity contribution in [3.63, 3.8) is 0 Å². The molecule has 32 heavy (non-hydrogen) atoms. The lowest BCUT2D eigenvalue weighted by Gasteiger charge is -2.16. The van der Waals surface area contributed by atoms with E-state index in [2.05, 4.69) is 56.5 Å². The molecule has 1 aromatic heterocycles. The van der Waals surface area contributed by atoms with Gasteiger partial charge in [-0.05, 0) is 86.9 Å². The standard InChI is InChI=1S/C29H26N2O/c1-19-14-20(2)16-25(15-19)30-21(3)17-23(22(30)4)18-27-26-12-8-9-13-28(26)31(29(27)32)24-10-6-5-7-11-24/h5-18H,1-4H3/b27-18+. The van der Waals surface area contributed by atoms with Crippen LogP contribution in [0.4, 0.5) is 11.4 Å². The second-order valence-corrected chi connectivity index (χ2v) is 8.56. The molecule has 1 amide bonds. The van der Waals surface area contributed by atoms with Gasteiger partial charge in [0.15, 0.2) is 0 Å². The molecule has 0 aliphatic carbocycles. The first kappa shape index (κ1) is 20.1. The zero-order valence-electron chi connectivity index (χ0n) is 18.9. The molecule has 1 aliphatic rings. The molecule has 0 atom stereocenters. The second-order valence-electron chi connectivity index (χ2n) is 8.56. The maximum absolute atomic E-state index is 13.6. The zero-order valence-corrected chi connectivity index (χ0v) is 18.9. The number of fused-ring (bicyclic) bond motifs is 1. The summed E-state index contributed by atoms with van der Waals surface area (Å²) >= 11 is 0. The third kappa shape index (κ3) is 3.27. The first-order chi connectivity index (χ1) is 15.4. The maximum Gasteiger partial charge on any atom is 0.263 e. The minimum absolute atomic E-state index is 0.00797. The summed E-state index contributed by atoms with van der Waals surface area (Å²) in [6, 6.07) is 26.6. The van der Waals surface area contributed by atoms with Crippen molar-refractivity contribution in [3.8, 4) is 5.69 Å². The van der Waals surface area contributed by atoms with Crippen LogP contribution in [0, 0.1) is 27.7 Å². The van der Waals surface area contributed by atoms with E-state index in [1.54, 1.807) is 0 Å². The molecule has 158 valence electrons. The van der Waals surface area contributed by atoms with Crippen molar-refractivity contribution in [2.45, 2.75) is 27.7 Å². The third-order valence-corrected chi connectivity index (χ3v) is 6.12. The van der Waals surface area contributed by atoms with Gasteiger partial charge >= 0.3 is 0 Å². The van der Waals surface area contributed by atoms with E-state index in [0.717, 1.165) is 45.2 Å². The topological polar surface area (TPSA) is 25.2 Å². The van der Waals surface area contributed by atoms with Crippen LogP contribution in [-0.4, -0.2) is 10.5 Å². The fourth-order valence-electron chi connectivity index (χ4n) is 4.78. The molecule has 3 heteroatoms. The van der Waals surface area contributed by atoms with Crippen LogP contribution < -0.4 is 4.90 Å². The number of amides is 1. The number of nitrogens with zero attached hydrogens (tertiary/aromatic N) is 2. The Kier molecular flexibility index (Phi) is 4.82. The minimum atomic E-state index is 0.00797. The number of hydrogen-bond donors (Lipinski definition) is 0. The average Bonchev–Trinajstić information content (AvgIpc) is 3.21. The van der Waals surface area contributed by atoms with Gasteiger partial charge in [0.25, 0.3) is 5.91 Å². The molecule has 0 fully saturated rings. The van der Waals surface area contributed by atoms with Crippen molar-refractivity contribution in [1.82, 2.24) is 4.57 Å². The molecule has 0 saturated carbocycles. The number of benzene rings is 3. The number of anilines is 2. The molecule has 0 unspecified atom stereocenters. The van der Waals surface area contributed by atoms with Crippen LogP contribution in [0.25, 0.3) is 17.3 Å². The minimum Gasteiger partial charge on any atom is -0.318 e. The van der Waals surface area contributed by atoms with Crippen molar-refractivity contribution in [2.75, 3.05) is 4.90 Å². The van der Waals surface area contributed by atoms with Crippen molar-refractivity contribution < 1.29 is 4.79 Å². The van der Waals surface area contributed by atoms with Gasteiger partial charge in [0.1, 0.15) is 0 Å². The summed E-state index contributed by atoms with van der Waals surface area (Å²) in [6.07, 6.45) is 2.05. The van der Waals surface area contributed by atoms with Crippen molar-refractivity contribution in [2.24, 2.45) is 0 Å². The van der Waals surface area contributed by atoms with E-state index < -0.39 is 0 Å². The van der Waals surface area contributed by atoms with E-state index in [4.69, 9.17) is 0 Å². The normalized spacial score (nSPS) is 14.3. The number of carbonyl (C=O) groups excluding carboxylic acids is 1.